The second-order valence-electron chi connectivity index (χ2n) is 6.54. The Balaban J connectivity index is 1.87. The molecule has 0 aliphatic carbocycles. The predicted octanol–water partition coefficient (Wildman–Crippen LogP) is 1.43. The quantitative estimate of drug-likeness (QED) is 0.840. The Bertz CT molecular complexity index is 656. The molecule has 1 amide bonds. The van der Waals surface area contributed by atoms with Gasteiger partial charge in [-0.3, -0.25) is 4.79 Å². The highest BCUT2D eigenvalue weighted by atomic mass is 32.2. The molecule has 1 aromatic rings. The number of carbonyl (C=O) groups excluding carboxylic acids is 1. The zero-order valence-corrected chi connectivity index (χ0v) is 15.5. The summed E-state index contributed by atoms with van der Waals surface area (Å²) in [6.07, 6.45) is 3.98. The molecule has 1 atom stereocenters. The number of likely N-dealkylation sites (tertiary alicyclic amines) is 1. The highest BCUT2D eigenvalue weighted by Crippen LogP contribution is 2.18. The summed E-state index contributed by atoms with van der Waals surface area (Å²) in [5.74, 6) is 0.0405. The predicted molar refractivity (Wildman–Crippen MR) is 94.0 cm³/mol. The van der Waals surface area contributed by atoms with E-state index in [1.54, 1.807) is 24.3 Å². The van der Waals surface area contributed by atoms with Crippen LogP contribution in [-0.2, 0) is 21.4 Å². The molecule has 0 aromatic heterocycles. The van der Waals surface area contributed by atoms with Gasteiger partial charge in [0, 0.05) is 33.1 Å². The van der Waals surface area contributed by atoms with Crippen molar-refractivity contribution in [1.29, 1.82) is 0 Å². The summed E-state index contributed by atoms with van der Waals surface area (Å²) in [5.41, 5.74) is 0.887. The van der Waals surface area contributed by atoms with Crippen molar-refractivity contribution in [1.82, 2.24) is 14.5 Å². The summed E-state index contributed by atoms with van der Waals surface area (Å²) < 4.78 is 25.2. The summed E-state index contributed by atoms with van der Waals surface area (Å²) in [7, 11) is 1.67. The Kier molecular flexibility index (Phi) is 6.37. The monoisotopic (exact) mass is 353 g/mol. The van der Waals surface area contributed by atoms with Gasteiger partial charge in [0.05, 0.1) is 4.90 Å². The van der Waals surface area contributed by atoms with Crippen LogP contribution in [-0.4, -0.2) is 57.3 Å². The van der Waals surface area contributed by atoms with Gasteiger partial charge in [-0.1, -0.05) is 18.6 Å². The van der Waals surface area contributed by atoms with Crippen LogP contribution in [0.4, 0.5) is 0 Å². The average molecular weight is 353 g/mol. The van der Waals surface area contributed by atoms with Gasteiger partial charge < -0.3 is 10.2 Å². The first kappa shape index (κ1) is 18.9. The fraction of sp³-hybridized carbons (Fsp3) is 0.588. The van der Waals surface area contributed by atoms with Crippen LogP contribution in [0.25, 0.3) is 0 Å². The zero-order valence-electron chi connectivity index (χ0n) is 14.7. The van der Waals surface area contributed by atoms with Gasteiger partial charge in [-0.25, -0.2) is 12.7 Å². The van der Waals surface area contributed by atoms with Gasteiger partial charge in [0.2, 0.25) is 15.9 Å². The highest BCUT2D eigenvalue weighted by Gasteiger charge is 2.21. The van der Waals surface area contributed by atoms with Gasteiger partial charge >= 0.3 is 0 Å². The van der Waals surface area contributed by atoms with E-state index in [-0.39, 0.29) is 10.8 Å². The maximum Gasteiger partial charge on any atom is 0.242 e. The van der Waals surface area contributed by atoms with Crippen molar-refractivity contribution in [2.24, 2.45) is 0 Å². The Labute approximate surface area is 144 Å². The minimum Gasteiger partial charge on any atom is -0.352 e. The molecule has 6 nitrogen and oxygen atoms in total. The number of rotatable bonds is 6. The lowest BCUT2D eigenvalue weighted by molar-refractivity contribution is -0.122. The molecular weight excluding hydrogens is 326 g/mol. The first-order valence-electron chi connectivity index (χ1n) is 8.29. The molecule has 2 rings (SSSR count). The summed E-state index contributed by atoms with van der Waals surface area (Å²) in [6, 6.07) is 6.95. The van der Waals surface area contributed by atoms with E-state index in [2.05, 4.69) is 17.3 Å². The summed E-state index contributed by atoms with van der Waals surface area (Å²) in [4.78, 5) is 14.6. The van der Waals surface area contributed by atoms with E-state index < -0.39 is 10.0 Å². The molecule has 1 saturated heterocycles. The second kappa shape index (κ2) is 8.09. The van der Waals surface area contributed by atoms with E-state index >= 15 is 0 Å². The molecule has 24 heavy (non-hydrogen) atoms. The summed E-state index contributed by atoms with van der Waals surface area (Å²) in [5, 5.41) is 2.92. The maximum atomic E-state index is 12.1. The first-order chi connectivity index (χ1) is 11.3. The molecule has 0 bridgehead atoms. The van der Waals surface area contributed by atoms with E-state index in [0.717, 1.165) is 18.5 Å². The van der Waals surface area contributed by atoms with Crippen molar-refractivity contribution in [2.45, 2.75) is 43.2 Å². The molecule has 1 aromatic carbocycles. The van der Waals surface area contributed by atoms with Crippen LogP contribution in [0.2, 0.25) is 0 Å². The number of amides is 1. The third-order valence-electron chi connectivity index (χ3n) is 4.53. The molecule has 1 aliphatic rings. The van der Waals surface area contributed by atoms with Crippen molar-refractivity contribution in [2.75, 3.05) is 27.7 Å². The molecule has 1 fully saturated rings. The van der Waals surface area contributed by atoms with Crippen LogP contribution in [0.3, 0.4) is 0 Å². The Morgan fingerprint density at radius 1 is 1.25 bits per heavy atom. The Hall–Kier alpha value is -1.44. The molecule has 0 radical (unpaired) electrons. The SMILES string of the molecule is CN1CCCC[C@@H]1CC(=O)NCc1ccc(S(=O)(=O)N(C)C)cc1. The minimum atomic E-state index is -3.41. The third kappa shape index (κ3) is 4.78. The number of benzene rings is 1. The van der Waals surface area contributed by atoms with Crippen LogP contribution < -0.4 is 5.32 Å². The molecule has 7 heteroatoms. The lowest BCUT2D eigenvalue weighted by Gasteiger charge is -2.31. The zero-order chi connectivity index (χ0) is 17.7. The molecule has 0 spiro atoms. The van der Waals surface area contributed by atoms with Gasteiger partial charge in [0.15, 0.2) is 0 Å². The molecule has 1 N–H and O–H groups in total. The molecule has 1 aliphatic heterocycles. The van der Waals surface area contributed by atoms with Crippen LogP contribution in [0, 0.1) is 0 Å². The van der Waals surface area contributed by atoms with Gasteiger partial charge in [-0.2, -0.15) is 0 Å². The van der Waals surface area contributed by atoms with Crippen LogP contribution in [0.5, 0.6) is 0 Å². The van der Waals surface area contributed by atoms with E-state index in [4.69, 9.17) is 0 Å². The molecule has 0 unspecified atom stereocenters. The highest BCUT2D eigenvalue weighted by molar-refractivity contribution is 7.89. The van der Waals surface area contributed by atoms with Crippen molar-refractivity contribution in [3.63, 3.8) is 0 Å². The molecule has 134 valence electrons. The fourth-order valence-corrected chi connectivity index (χ4v) is 3.78. The Morgan fingerprint density at radius 2 is 1.92 bits per heavy atom. The van der Waals surface area contributed by atoms with E-state index in [0.29, 0.717) is 19.0 Å². The lowest BCUT2D eigenvalue weighted by atomic mass is 10.00. The van der Waals surface area contributed by atoms with E-state index in [1.807, 2.05) is 0 Å². The number of hydrogen-bond acceptors (Lipinski definition) is 4. The maximum absolute atomic E-state index is 12.1. The van der Waals surface area contributed by atoms with Gasteiger partial charge in [0.1, 0.15) is 0 Å². The second-order valence-corrected chi connectivity index (χ2v) is 8.69. The topological polar surface area (TPSA) is 69.7 Å². The van der Waals surface area contributed by atoms with Gasteiger partial charge in [0.25, 0.3) is 0 Å². The standard InChI is InChI=1S/C17H27N3O3S/c1-19(2)24(22,23)16-9-7-14(8-10-16)13-18-17(21)12-15-6-4-5-11-20(15)3/h7-10,15H,4-6,11-13H2,1-3H3,(H,18,21)/t15-/m1/s1. The average Bonchev–Trinajstić information content (AvgIpc) is 2.55. The number of hydrogen-bond donors (Lipinski definition) is 1. The minimum absolute atomic E-state index is 0.0405. The van der Waals surface area contributed by atoms with Crippen LogP contribution in [0.1, 0.15) is 31.2 Å². The van der Waals surface area contributed by atoms with Crippen LogP contribution in [0.15, 0.2) is 29.2 Å². The van der Waals surface area contributed by atoms with Gasteiger partial charge in [-0.05, 0) is 44.1 Å². The molecule has 0 saturated carbocycles. The van der Waals surface area contributed by atoms with Crippen molar-refractivity contribution >= 4 is 15.9 Å². The molecular formula is C17H27N3O3S. The fourth-order valence-electron chi connectivity index (χ4n) is 2.88. The van der Waals surface area contributed by atoms with Crippen molar-refractivity contribution < 1.29 is 13.2 Å². The summed E-state index contributed by atoms with van der Waals surface area (Å²) in [6.45, 7) is 1.47. The van der Waals surface area contributed by atoms with Crippen molar-refractivity contribution in [3.05, 3.63) is 29.8 Å². The summed E-state index contributed by atoms with van der Waals surface area (Å²) >= 11 is 0. The number of sulfonamides is 1. The number of nitrogens with zero attached hydrogens (tertiary/aromatic N) is 2. The Morgan fingerprint density at radius 3 is 2.50 bits per heavy atom. The smallest absolute Gasteiger partial charge is 0.242 e. The van der Waals surface area contributed by atoms with Crippen LogP contribution >= 0.6 is 0 Å². The first-order valence-corrected chi connectivity index (χ1v) is 9.73. The van der Waals surface area contributed by atoms with E-state index in [9.17, 15) is 13.2 Å². The van der Waals surface area contributed by atoms with Gasteiger partial charge in [-0.15, -0.1) is 0 Å². The lowest BCUT2D eigenvalue weighted by Crippen LogP contribution is -2.40. The number of carbonyl (C=O) groups is 1. The number of piperidine rings is 1. The normalized spacial score (nSPS) is 19.4. The largest absolute Gasteiger partial charge is 0.352 e. The number of nitrogens with one attached hydrogen (secondary N) is 1. The molecule has 1 heterocycles. The third-order valence-corrected chi connectivity index (χ3v) is 6.36. The van der Waals surface area contributed by atoms with E-state index in [1.165, 1.54) is 31.2 Å². The van der Waals surface area contributed by atoms with Crippen molar-refractivity contribution in [3.8, 4) is 0 Å².